The fourth-order valence-corrected chi connectivity index (χ4v) is 1.55. The van der Waals surface area contributed by atoms with Crippen LogP contribution in [0.25, 0.3) is 0 Å². The highest BCUT2D eigenvalue weighted by Gasteiger charge is 1.95. The molecule has 15 heavy (non-hydrogen) atoms. The highest BCUT2D eigenvalue weighted by molar-refractivity contribution is 5.22. The molecule has 0 unspecified atom stereocenters. The molecule has 0 atom stereocenters. The third-order valence-electron chi connectivity index (χ3n) is 2.30. The van der Waals surface area contributed by atoms with Crippen LogP contribution in [0.4, 0.5) is 0 Å². The molecule has 0 fully saturated rings. The third-order valence-corrected chi connectivity index (χ3v) is 2.30. The Balaban J connectivity index is 1.83. The molecule has 0 bridgehead atoms. The summed E-state index contributed by atoms with van der Waals surface area (Å²) in [6, 6.07) is 8.53. The summed E-state index contributed by atoms with van der Waals surface area (Å²) in [5.41, 5.74) is 3.80. The quantitative estimate of drug-likeness (QED) is 0.794. The maximum Gasteiger partial charge on any atom is 0.0532 e. The Kier molecular flexibility index (Phi) is 3.15. The lowest BCUT2D eigenvalue weighted by molar-refractivity contribution is 0.693. The van der Waals surface area contributed by atoms with Crippen LogP contribution in [-0.2, 0) is 13.1 Å². The Hall–Kier alpha value is -1.61. The maximum absolute atomic E-state index is 3.90. The number of hydrogen-bond donors (Lipinski definition) is 2. The van der Waals surface area contributed by atoms with E-state index in [2.05, 4.69) is 46.7 Å². The smallest absolute Gasteiger partial charge is 0.0532 e. The van der Waals surface area contributed by atoms with Crippen molar-refractivity contribution in [2.45, 2.75) is 20.0 Å². The van der Waals surface area contributed by atoms with Gasteiger partial charge in [-0.15, -0.1) is 0 Å². The SMILES string of the molecule is Cc1cccc(CNCc2cn[nH]c2)c1. The Morgan fingerprint density at radius 2 is 2.13 bits per heavy atom. The van der Waals surface area contributed by atoms with Crippen molar-refractivity contribution in [1.29, 1.82) is 0 Å². The van der Waals surface area contributed by atoms with Crippen LogP contribution in [0.5, 0.6) is 0 Å². The van der Waals surface area contributed by atoms with E-state index < -0.39 is 0 Å². The fourth-order valence-electron chi connectivity index (χ4n) is 1.55. The zero-order valence-corrected chi connectivity index (χ0v) is 8.83. The van der Waals surface area contributed by atoms with Crippen LogP contribution in [0.1, 0.15) is 16.7 Å². The lowest BCUT2D eigenvalue weighted by Gasteiger charge is -2.03. The van der Waals surface area contributed by atoms with E-state index in [1.54, 1.807) is 0 Å². The van der Waals surface area contributed by atoms with Crippen molar-refractivity contribution in [3.05, 3.63) is 53.3 Å². The normalized spacial score (nSPS) is 10.5. The zero-order valence-electron chi connectivity index (χ0n) is 8.83. The molecule has 0 saturated heterocycles. The summed E-state index contributed by atoms with van der Waals surface area (Å²) in [5, 5.41) is 10.1. The Labute approximate surface area is 89.5 Å². The van der Waals surface area contributed by atoms with Gasteiger partial charge in [-0.1, -0.05) is 29.8 Å². The molecule has 0 saturated carbocycles. The van der Waals surface area contributed by atoms with Crippen LogP contribution in [0.15, 0.2) is 36.7 Å². The van der Waals surface area contributed by atoms with Gasteiger partial charge in [-0.05, 0) is 12.5 Å². The molecule has 3 nitrogen and oxygen atoms in total. The van der Waals surface area contributed by atoms with Gasteiger partial charge in [0.1, 0.15) is 0 Å². The van der Waals surface area contributed by atoms with Gasteiger partial charge in [0.15, 0.2) is 0 Å². The average molecular weight is 201 g/mol. The topological polar surface area (TPSA) is 40.7 Å². The molecule has 1 aromatic heterocycles. The van der Waals surface area contributed by atoms with Crippen LogP contribution < -0.4 is 5.32 Å². The monoisotopic (exact) mass is 201 g/mol. The molecule has 0 aliphatic heterocycles. The number of aromatic amines is 1. The Bertz CT molecular complexity index is 407. The second kappa shape index (κ2) is 4.75. The number of benzene rings is 1. The first-order chi connectivity index (χ1) is 7.34. The molecular formula is C12H15N3. The zero-order chi connectivity index (χ0) is 10.5. The van der Waals surface area contributed by atoms with Gasteiger partial charge >= 0.3 is 0 Å². The number of aryl methyl sites for hydroxylation is 1. The van der Waals surface area contributed by atoms with Crippen molar-refractivity contribution in [2.24, 2.45) is 0 Å². The van der Waals surface area contributed by atoms with E-state index in [-0.39, 0.29) is 0 Å². The summed E-state index contributed by atoms with van der Waals surface area (Å²) >= 11 is 0. The van der Waals surface area contributed by atoms with Crippen LogP contribution in [0.3, 0.4) is 0 Å². The maximum atomic E-state index is 3.90. The first-order valence-corrected chi connectivity index (χ1v) is 5.08. The molecule has 2 aromatic rings. The average Bonchev–Trinajstić information content (AvgIpc) is 2.71. The summed E-state index contributed by atoms with van der Waals surface area (Å²) in [4.78, 5) is 0. The number of nitrogens with zero attached hydrogens (tertiary/aromatic N) is 1. The predicted octanol–water partition coefficient (Wildman–Crippen LogP) is 2.01. The first-order valence-electron chi connectivity index (χ1n) is 5.08. The Morgan fingerprint density at radius 3 is 2.87 bits per heavy atom. The Morgan fingerprint density at radius 1 is 1.27 bits per heavy atom. The molecule has 0 radical (unpaired) electrons. The minimum atomic E-state index is 0.852. The van der Waals surface area contributed by atoms with Crippen LogP contribution in [0, 0.1) is 6.92 Å². The summed E-state index contributed by atoms with van der Waals surface area (Å²) in [6.07, 6.45) is 3.74. The number of rotatable bonds is 4. The van der Waals surface area contributed by atoms with E-state index in [1.807, 2.05) is 12.4 Å². The van der Waals surface area contributed by atoms with Crippen LogP contribution >= 0.6 is 0 Å². The van der Waals surface area contributed by atoms with E-state index in [1.165, 1.54) is 16.7 Å². The number of hydrogen-bond acceptors (Lipinski definition) is 2. The molecule has 1 heterocycles. The summed E-state index contributed by atoms with van der Waals surface area (Å²) in [6.45, 7) is 3.86. The fraction of sp³-hybridized carbons (Fsp3) is 0.250. The molecule has 0 spiro atoms. The molecule has 0 amide bonds. The minimum Gasteiger partial charge on any atom is -0.309 e. The summed E-state index contributed by atoms with van der Waals surface area (Å²) in [5.74, 6) is 0. The van der Waals surface area contributed by atoms with Gasteiger partial charge in [-0.3, -0.25) is 5.10 Å². The highest BCUT2D eigenvalue weighted by atomic mass is 15.1. The van der Waals surface area contributed by atoms with E-state index in [0.29, 0.717) is 0 Å². The van der Waals surface area contributed by atoms with Gasteiger partial charge in [-0.2, -0.15) is 5.10 Å². The van der Waals surface area contributed by atoms with Crippen molar-refractivity contribution in [1.82, 2.24) is 15.5 Å². The van der Waals surface area contributed by atoms with Crippen molar-refractivity contribution >= 4 is 0 Å². The summed E-state index contributed by atoms with van der Waals surface area (Å²) < 4.78 is 0. The third kappa shape index (κ3) is 2.92. The number of H-pyrrole nitrogens is 1. The molecular weight excluding hydrogens is 186 g/mol. The van der Waals surface area contributed by atoms with Crippen molar-refractivity contribution < 1.29 is 0 Å². The van der Waals surface area contributed by atoms with Crippen molar-refractivity contribution in [3.63, 3.8) is 0 Å². The van der Waals surface area contributed by atoms with Gasteiger partial charge in [0, 0.05) is 24.8 Å². The van der Waals surface area contributed by atoms with Crippen LogP contribution in [0.2, 0.25) is 0 Å². The minimum absolute atomic E-state index is 0.852. The molecule has 2 N–H and O–H groups in total. The van der Waals surface area contributed by atoms with Crippen molar-refractivity contribution in [2.75, 3.05) is 0 Å². The molecule has 0 aliphatic rings. The molecule has 2 rings (SSSR count). The highest BCUT2D eigenvalue weighted by Crippen LogP contribution is 2.03. The lowest BCUT2D eigenvalue weighted by atomic mass is 10.1. The largest absolute Gasteiger partial charge is 0.309 e. The van der Waals surface area contributed by atoms with E-state index in [0.717, 1.165) is 13.1 Å². The standard InChI is InChI=1S/C12H15N3/c1-10-3-2-4-11(5-10)6-13-7-12-8-14-15-9-12/h2-5,8-9,13H,6-7H2,1H3,(H,14,15). The van der Waals surface area contributed by atoms with Gasteiger partial charge in [0.25, 0.3) is 0 Å². The molecule has 1 aromatic carbocycles. The first kappa shape index (κ1) is 9.93. The van der Waals surface area contributed by atoms with Gasteiger partial charge in [-0.25, -0.2) is 0 Å². The summed E-state index contributed by atoms with van der Waals surface area (Å²) in [7, 11) is 0. The molecule has 0 aliphatic carbocycles. The van der Waals surface area contributed by atoms with E-state index in [9.17, 15) is 0 Å². The number of aromatic nitrogens is 2. The van der Waals surface area contributed by atoms with Gasteiger partial charge in [0.05, 0.1) is 6.20 Å². The molecule has 78 valence electrons. The van der Waals surface area contributed by atoms with Crippen molar-refractivity contribution in [3.8, 4) is 0 Å². The van der Waals surface area contributed by atoms with E-state index in [4.69, 9.17) is 0 Å². The second-order valence-electron chi connectivity index (χ2n) is 3.70. The van der Waals surface area contributed by atoms with Gasteiger partial charge in [0.2, 0.25) is 0 Å². The van der Waals surface area contributed by atoms with Crippen LogP contribution in [-0.4, -0.2) is 10.2 Å². The van der Waals surface area contributed by atoms with E-state index >= 15 is 0 Å². The molecule has 3 heteroatoms. The second-order valence-corrected chi connectivity index (χ2v) is 3.70. The number of nitrogens with one attached hydrogen (secondary N) is 2. The lowest BCUT2D eigenvalue weighted by Crippen LogP contribution is -2.12. The predicted molar refractivity (Wildman–Crippen MR) is 60.3 cm³/mol. The van der Waals surface area contributed by atoms with Gasteiger partial charge < -0.3 is 5.32 Å².